The molecule has 0 atom stereocenters. The molecule has 3 heterocycles. The van der Waals surface area contributed by atoms with Crippen LogP contribution in [0.2, 0.25) is 0 Å². The van der Waals surface area contributed by atoms with Crippen molar-refractivity contribution < 1.29 is 0 Å². The van der Waals surface area contributed by atoms with Gasteiger partial charge in [-0.15, -0.1) is 0 Å². The first-order chi connectivity index (χ1) is 14.6. The lowest BCUT2D eigenvalue weighted by atomic mass is 9.97. The van der Waals surface area contributed by atoms with Crippen molar-refractivity contribution in [2.45, 2.75) is 0 Å². The SMILES string of the molecule is C=C/C(=C\C(=C)c1cccnc1)c1cncc(/C(C=C)=C/C(=C)c2cccnc2)c1. The van der Waals surface area contributed by atoms with Gasteiger partial charge >= 0.3 is 0 Å². The van der Waals surface area contributed by atoms with E-state index in [2.05, 4.69) is 47.3 Å². The van der Waals surface area contributed by atoms with Crippen molar-refractivity contribution in [3.63, 3.8) is 0 Å². The highest BCUT2D eigenvalue weighted by Crippen LogP contribution is 2.26. The summed E-state index contributed by atoms with van der Waals surface area (Å²) in [5, 5.41) is 0. The quantitative estimate of drug-likeness (QED) is 0.416. The molecule has 0 N–H and O–H groups in total. The average Bonchev–Trinajstić information content (AvgIpc) is 2.81. The van der Waals surface area contributed by atoms with Crippen LogP contribution in [-0.4, -0.2) is 15.0 Å². The molecule has 3 aromatic rings. The van der Waals surface area contributed by atoms with Crippen LogP contribution in [0.3, 0.4) is 0 Å². The van der Waals surface area contributed by atoms with Crippen molar-refractivity contribution in [1.29, 1.82) is 0 Å². The first-order valence-electron chi connectivity index (χ1n) is 9.45. The summed E-state index contributed by atoms with van der Waals surface area (Å²) < 4.78 is 0. The highest BCUT2D eigenvalue weighted by molar-refractivity contribution is 5.89. The fourth-order valence-electron chi connectivity index (χ4n) is 2.92. The van der Waals surface area contributed by atoms with Crippen LogP contribution in [0, 0.1) is 0 Å². The molecule has 3 rings (SSSR count). The van der Waals surface area contributed by atoms with Crippen LogP contribution in [0.1, 0.15) is 22.3 Å². The molecule has 3 aromatic heterocycles. The molecule has 0 unspecified atom stereocenters. The van der Waals surface area contributed by atoms with Gasteiger partial charge in [-0.2, -0.15) is 0 Å². The second-order valence-electron chi connectivity index (χ2n) is 6.60. The van der Waals surface area contributed by atoms with Gasteiger partial charge in [-0.25, -0.2) is 0 Å². The third-order valence-corrected chi connectivity index (χ3v) is 4.57. The number of nitrogens with zero attached hydrogens (tertiary/aromatic N) is 3. The summed E-state index contributed by atoms with van der Waals surface area (Å²) in [5.74, 6) is 0. The summed E-state index contributed by atoms with van der Waals surface area (Å²) in [6, 6.07) is 9.79. The molecule has 3 nitrogen and oxygen atoms in total. The first kappa shape index (κ1) is 20.6. The number of hydrogen-bond acceptors (Lipinski definition) is 3. The van der Waals surface area contributed by atoms with Crippen molar-refractivity contribution >= 4 is 22.3 Å². The van der Waals surface area contributed by atoms with E-state index in [9.17, 15) is 0 Å². The molecule has 0 bridgehead atoms. The van der Waals surface area contributed by atoms with E-state index in [4.69, 9.17) is 0 Å². The number of rotatable bonds is 8. The molecular weight excluding hydrogens is 366 g/mol. The second kappa shape index (κ2) is 9.89. The van der Waals surface area contributed by atoms with Crippen molar-refractivity contribution in [3.8, 4) is 0 Å². The summed E-state index contributed by atoms with van der Waals surface area (Å²) in [6.07, 6.45) is 18.2. The fraction of sp³-hybridized carbons (Fsp3) is 0. The first-order valence-corrected chi connectivity index (χ1v) is 9.45. The normalized spacial score (nSPS) is 11.6. The number of aromatic nitrogens is 3. The van der Waals surface area contributed by atoms with Crippen molar-refractivity contribution in [3.05, 3.63) is 140 Å². The minimum absolute atomic E-state index is 0.854. The van der Waals surface area contributed by atoms with Crippen LogP contribution >= 0.6 is 0 Å². The Balaban J connectivity index is 1.93. The zero-order valence-corrected chi connectivity index (χ0v) is 16.8. The van der Waals surface area contributed by atoms with Gasteiger partial charge in [-0.05, 0) is 63.8 Å². The summed E-state index contributed by atoms with van der Waals surface area (Å²) in [4.78, 5) is 12.7. The summed E-state index contributed by atoms with van der Waals surface area (Å²) in [6.45, 7) is 16.2. The fourth-order valence-corrected chi connectivity index (χ4v) is 2.92. The third-order valence-electron chi connectivity index (χ3n) is 4.57. The molecule has 0 saturated heterocycles. The Morgan fingerprint density at radius 2 is 1.07 bits per heavy atom. The molecule has 30 heavy (non-hydrogen) atoms. The molecule has 146 valence electrons. The lowest BCUT2D eigenvalue weighted by Gasteiger charge is -2.09. The van der Waals surface area contributed by atoms with Gasteiger partial charge in [0, 0.05) is 48.3 Å². The van der Waals surface area contributed by atoms with Crippen LogP contribution in [0.15, 0.2) is 118 Å². The van der Waals surface area contributed by atoms with Gasteiger partial charge in [-0.1, -0.05) is 50.6 Å². The van der Waals surface area contributed by atoms with Gasteiger partial charge in [0.2, 0.25) is 0 Å². The second-order valence-corrected chi connectivity index (χ2v) is 6.60. The molecule has 0 aromatic carbocycles. The maximum absolute atomic E-state index is 4.42. The van der Waals surface area contributed by atoms with E-state index in [1.165, 1.54) is 0 Å². The van der Waals surface area contributed by atoms with E-state index < -0.39 is 0 Å². The Kier molecular flexibility index (Phi) is 6.80. The summed E-state index contributed by atoms with van der Waals surface area (Å²) in [5.41, 5.74) is 7.35. The molecule has 0 spiro atoms. The van der Waals surface area contributed by atoms with Crippen LogP contribution in [0.5, 0.6) is 0 Å². The van der Waals surface area contributed by atoms with Crippen LogP contribution in [-0.2, 0) is 0 Å². The number of pyridine rings is 3. The number of allylic oxidation sites excluding steroid dienone is 8. The molecule has 0 aliphatic rings. The van der Waals surface area contributed by atoms with E-state index in [0.717, 1.165) is 44.5 Å². The monoisotopic (exact) mass is 389 g/mol. The highest BCUT2D eigenvalue weighted by atomic mass is 14.6. The summed E-state index contributed by atoms with van der Waals surface area (Å²) in [7, 11) is 0. The molecule has 0 saturated carbocycles. The Morgan fingerprint density at radius 1 is 0.633 bits per heavy atom. The molecule has 0 amide bonds. The van der Waals surface area contributed by atoms with E-state index >= 15 is 0 Å². The molecule has 0 aliphatic heterocycles. The Bertz CT molecular complexity index is 1050. The van der Waals surface area contributed by atoms with Gasteiger partial charge < -0.3 is 0 Å². The van der Waals surface area contributed by atoms with Crippen LogP contribution < -0.4 is 0 Å². The maximum atomic E-state index is 4.42. The van der Waals surface area contributed by atoms with Crippen molar-refractivity contribution in [2.75, 3.05) is 0 Å². The number of hydrogen-bond donors (Lipinski definition) is 0. The van der Waals surface area contributed by atoms with E-state index in [-0.39, 0.29) is 0 Å². The van der Waals surface area contributed by atoms with Crippen molar-refractivity contribution in [2.24, 2.45) is 0 Å². The van der Waals surface area contributed by atoms with E-state index in [1.807, 2.05) is 48.8 Å². The molecule has 3 heteroatoms. The van der Waals surface area contributed by atoms with Gasteiger partial charge in [0.1, 0.15) is 0 Å². The van der Waals surface area contributed by atoms with Gasteiger partial charge in [-0.3, -0.25) is 15.0 Å². The molecule has 0 radical (unpaired) electrons. The van der Waals surface area contributed by atoms with E-state index in [0.29, 0.717) is 0 Å². The zero-order valence-electron chi connectivity index (χ0n) is 16.8. The Hall–Kier alpha value is -4.11. The smallest absolute Gasteiger partial charge is 0.0346 e. The van der Waals surface area contributed by atoms with Gasteiger partial charge in [0.25, 0.3) is 0 Å². The third kappa shape index (κ3) is 5.03. The predicted molar refractivity (Wildman–Crippen MR) is 127 cm³/mol. The average molecular weight is 390 g/mol. The van der Waals surface area contributed by atoms with Gasteiger partial charge in [0.15, 0.2) is 0 Å². The molecule has 0 fully saturated rings. The topological polar surface area (TPSA) is 38.7 Å². The summed E-state index contributed by atoms with van der Waals surface area (Å²) >= 11 is 0. The lowest BCUT2D eigenvalue weighted by molar-refractivity contribution is 1.29. The van der Waals surface area contributed by atoms with Gasteiger partial charge in [0.05, 0.1) is 0 Å². The predicted octanol–water partition coefficient (Wildman–Crippen LogP) is 6.44. The molecule has 0 aliphatic carbocycles. The van der Waals surface area contributed by atoms with E-state index in [1.54, 1.807) is 36.9 Å². The minimum Gasteiger partial charge on any atom is -0.264 e. The lowest BCUT2D eigenvalue weighted by Crippen LogP contribution is -1.91. The largest absolute Gasteiger partial charge is 0.264 e. The molecular formula is C27H23N3. The highest BCUT2D eigenvalue weighted by Gasteiger charge is 2.06. The Morgan fingerprint density at radius 3 is 1.43 bits per heavy atom. The standard InChI is InChI=1S/C27H23N3/c1-5-22(13-20(3)24-9-7-11-28-16-24)26-15-27(19-30-18-26)23(6-2)14-21(4)25-10-8-12-29-17-25/h5-19H,1-4H2/b22-13+,23-14+. The minimum atomic E-state index is 0.854. The van der Waals surface area contributed by atoms with Crippen LogP contribution in [0.25, 0.3) is 22.3 Å². The maximum Gasteiger partial charge on any atom is 0.0346 e. The Labute approximate surface area is 177 Å². The van der Waals surface area contributed by atoms with Crippen molar-refractivity contribution in [1.82, 2.24) is 15.0 Å². The zero-order chi connectivity index (χ0) is 21.3. The van der Waals surface area contributed by atoms with Crippen LogP contribution in [0.4, 0.5) is 0 Å².